The van der Waals surface area contributed by atoms with Crippen molar-refractivity contribution in [2.45, 2.75) is 5.41 Å². The zero-order chi connectivity index (χ0) is 39.4. The minimum absolute atomic E-state index is 0.673. The number of nitrogens with zero attached hydrogens (tertiary/aromatic N) is 3. The van der Waals surface area contributed by atoms with Gasteiger partial charge in [-0.3, -0.25) is 0 Å². The molecule has 2 aliphatic rings. The zero-order valence-electron chi connectivity index (χ0n) is 32.3. The van der Waals surface area contributed by atoms with E-state index in [0.717, 1.165) is 106 Å². The number of aromatic nitrogens is 3. The van der Waals surface area contributed by atoms with Crippen LogP contribution in [0.25, 0.3) is 88.4 Å². The second kappa shape index (κ2) is 12.5. The first-order valence-electron chi connectivity index (χ1n) is 20.4. The molecule has 0 bridgehead atoms. The zero-order valence-corrected chi connectivity index (χ0v) is 32.3. The molecule has 11 aromatic rings. The summed E-state index contributed by atoms with van der Waals surface area (Å²) in [4.78, 5) is 16.2. The van der Waals surface area contributed by atoms with Gasteiger partial charge in [0.2, 0.25) is 0 Å². The fourth-order valence-corrected chi connectivity index (χ4v) is 10.1. The van der Waals surface area contributed by atoms with E-state index in [9.17, 15) is 0 Å². The summed E-state index contributed by atoms with van der Waals surface area (Å²) in [5.74, 6) is 1.72. The summed E-state index contributed by atoms with van der Waals surface area (Å²) in [6.45, 7) is 0. The van der Waals surface area contributed by atoms with E-state index >= 15 is 0 Å². The number of hydrogen-bond acceptors (Lipinski definition) is 4. The Hall–Kier alpha value is -7.95. The molecule has 0 unspecified atom stereocenters. The Labute approximate surface area is 346 Å². The van der Waals surface area contributed by atoms with E-state index in [2.05, 4.69) is 194 Å². The molecule has 278 valence electrons. The van der Waals surface area contributed by atoms with Gasteiger partial charge in [0, 0.05) is 49.4 Å². The lowest BCUT2D eigenvalue weighted by molar-refractivity contribution is 0.436. The van der Waals surface area contributed by atoms with Crippen LogP contribution in [0.4, 0.5) is 0 Å². The molecule has 60 heavy (non-hydrogen) atoms. The molecular formula is C56H33N3O. The molecule has 0 amide bonds. The number of para-hydroxylation sites is 3. The smallest absolute Gasteiger partial charge is 0.132 e. The predicted octanol–water partition coefficient (Wildman–Crippen LogP) is 14.0. The third-order valence-corrected chi connectivity index (χ3v) is 12.7. The van der Waals surface area contributed by atoms with Crippen LogP contribution in [-0.2, 0) is 5.41 Å². The van der Waals surface area contributed by atoms with Crippen molar-refractivity contribution in [3.05, 3.63) is 222 Å². The topological polar surface area (TPSA) is 47.9 Å². The molecule has 4 heterocycles. The number of hydrogen-bond donors (Lipinski definition) is 0. The van der Waals surface area contributed by atoms with Crippen LogP contribution in [0.15, 0.2) is 200 Å². The first-order chi connectivity index (χ1) is 29.7. The van der Waals surface area contributed by atoms with Crippen molar-refractivity contribution >= 4 is 43.5 Å². The standard InChI is InChI=1S/C56H33N3O/c1-3-14-34(15-4-1)47-30-28-36-26-27-37-29-31-49(59-55(37)54(36)57-47)39-19-13-22-45-52(39)42-32-41-40(38-18-7-10-23-48(38)58-53(41)35-16-5-2-6-17-35)33-46(42)56(45)43-20-8-11-24-50(43)60-51-25-12-9-21-44(51)56/h1-33H. The molecule has 1 aliphatic carbocycles. The maximum absolute atomic E-state index is 6.75. The van der Waals surface area contributed by atoms with E-state index in [1.807, 2.05) is 6.07 Å². The molecule has 0 saturated heterocycles. The lowest BCUT2D eigenvalue weighted by Crippen LogP contribution is -2.32. The van der Waals surface area contributed by atoms with Crippen molar-refractivity contribution in [3.63, 3.8) is 0 Å². The highest BCUT2D eigenvalue weighted by Gasteiger charge is 2.52. The van der Waals surface area contributed by atoms with Gasteiger partial charge >= 0.3 is 0 Å². The molecule has 0 N–H and O–H groups in total. The summed E-state index contributed by atoms with van der Waals surface area (Å²) in [6.07, 6.45) is 0. The molecule has 1 aliphatic heterocycles. The van der Waals surface area contributed by atoms with E-state index in [1.165, 1.54) is 16.5 Å². The van der Waals surface area contributed by atoms with Crippen LogP contribution in [0.3, 0.4) is 0 Å². The number of rotatable bonds is 3. The van der Waals surface area contributed by atoms with E-state index in [4.69, 9.17) is 19.7 Å². The van der Waals surface area contributed by atoms with E-state index in [1.54, 1.807) is 0 Å². The van der Waals surface area contributed by atoms with Gasteiger partial charge in [-0.25, -0.2) is 15.0 Å². The first-order valence-corrected chi connectivity index (χ1v) is 20.4. The van der Waals surface area contributed by atoms with Gasteiger partial charge in [0.05, 0.1) is 39.0 Å². The molecule has 3 aromatic heterocycles. The van der Waals surface area contributed by atoms with Gasteiger partial charge in [0.25, 0.3) is 0 Å². The monoisotopic (exact) mass is 763 g/mol. The number of benzene rings is 8. The van der Waals surface area contributed by atoms with E-state index in [-0.39, 0.29) is 0 Å². The normalized spacial score (nSPS) is 13.3. The summed E-state index contributed by atoms with van der Waals surface area (Å²) in [6, 6.07) is 71.2. The van der Waals surface area contributed by atoms with Gasteiger partial charge < -0.3 is 4.74 Å². The molecule has 4 nitrogen and oxygen atoms in total. The second-order valence-corrected chi connectivity index (χ2v) is 15.8. The Morgan fingerprint density at radius 2 is 0.950 bits per heavy atom. The summed E-state index contributed by atoms with van der Waals surface area (Å²) in [5, 5.41) is 5.52. The van der Waals surface area contributed by atoms with Crippen molar-refractivity contribution in [3.8, 4) is 56.4 Å². The summed E-state index contributed by atoms with van der Waals surface area (Å²) < 4.78 is 6.75. The largest absolute Gasteiger partial charge is 0.457 e. The SMILES string of the molecule is c1ccc(-c2ccc3ccc4ccc(-c5cccc6c5-c5cc7c(-c8ccccc8)nc8ccccc8c7cc5C65c6ccccc6Oc6ccccc65)nc4c3n2)cc1. The minimum Gasteiger partial charge on any atom is -0.457 e. The van der Waals surface area contributed by atoms with Crippen LogP contribution in [0.2, 0.25) is 0 Å². The highest BCUT2D eigenvalue weighted by atomic mass is 16.5. The average Bonchev–Trinajstić information content (AvgIpc) is 3.60. The van der Waals surface area contributed by atoms with E-state index in [0.29, 0.717) is 0 Å². The Balaban J connectivity index is 1.16. The molecule has 13 rings (SSSR count). The molecule has 0 saturated carbocycles. The van der Waals surface area contributed by atoms with Crippen LogP contribution >= 0.6 is 0 Å². The Bertz CT molecular complexity index is 3530. The maximum Gasteiger partial charge on any atom is 0.132 e. The van der Waals surface area contributed by atoms with Crippen LogP contribution < -0.4 is 4.74 Å². The molecule has 1 spiro atoms. The highest BCUT2D eigenvalue weighted by molar-refractivity contribution is 6.14. The van der Waals surface area contributed by atoms with Gasteiger partial charge in [-0.2, -0.15) is 0 Å². The number of ether oxygens (including phenoxy) is 1. The van der Waals surface area contributed by atoms with Gasteiger partial charge in [-0.1, -0.05) is 158 Å². The second-order valence-electron chi connectivity index (χ2n) is 15.8. The van der Waals surface area contributed by atoms with Gasteiger partial charge in [-0.05, 0) is 70.1 Å². The van der Waals surface area contributed by atoms with Crippen LogP contribution in [0, 0.1) is 0 Å². The Morgan fingerprint density at radius 1 is 0.367 bits per heavy atom. The van der Waals surface area contributed by atoms with Crippen molar-refractivity contribution < 1.29 is 4.74 Å². The quantitative estimate of drug-likeness (QED) is 0.168. The Morgan fingerprint density at radius 3 is 1.68 bits per heavy atom. The molecular weight excluding hydrogens is 731 g/mol. The van der Waals surface area contributed by atoms with Crippen molar-refractivity contribution in [1.29, 1.82) is 0 Å². The van der Waals surface area contributed by atoms with Gasteiger partial charge in [0.15, 0.2) is 0 Å². The van der Waals surface area contributed by atoms with Crippen molar-refractivity contribution in [2.24, 2.45) is 0 Å². The molecule has 8 aromatic carbocycles. The third-order valence-electron chi connectivity index (χ3n) is 12.7. The Kier molecular flexibility index (Phi) is 6.90. The van der Waals surface area contributed by atoms with E-state index < -0.39 is 5.41 Å². The number of pyridine rings is 3. The predicted molar refractivity (Wildman–Crippen MR) is 244 cm³/mol. The van der Waals surface area contributed by atoms with Crippen molar-refractivity contribution in [1.82, 2.24) is 15.0 Å². The van der Waals surface area contributed by atoms with Gasteiger partial charge in [-0.15, -0.1) is 0 Å². The minimum atomic E-state index is -0.673. The fourth-order valence-electron chi connectivity index (χ4n) is 10.1. The summed E-state index contributed by atoms with van der Waals surface area (Å²) in [5.41, 5.74) is 15.1. The van der Waals surface area contributed by atoms with Crippen LogP contribution in [0.1, 0.15) is 22.3 Å². The summed E-state index contributed by atoms with van der Waals surface area (Å²) >= 11 is 0. The molecule has 4 heteroatoms. The highest BCUT2D eigenvalue weighted by Crippen LogP contribution is 2.64. The van der Waals surface area contributed by atoms with Crippen LogP contribution in [-0.4, -0.2) is 15.0 Å². The average molecular weight is 764 g/mol. The summed E-state index contributed by atoms with van der Waals surface area (Å²) in [7, 11) is 0. The maximum atomic E-state index is 6.75. The third kappa shape index (κ3) is 4.59. The fraction of sp³-hybridized carbons (Fsp3) is 0.0179. The molecule has 0 atom stereocenters. The van der Waals surface area contributed by atoms with Crippen LogP contribution in [0.5, 0.6) is 11.5 Å². The molecule has 0 radical (unpaired) electrons. The molecule has 0 fully saturated rings. The van der Waals surface area contributed by atoms with Crippen molar-refractivity contribution in [2.75, 3.05) is 0 Å². The lowest BCUT2D eigenvalue weighted by atomic mass is 9.66. The first kappa shape index (κ1) is 33.1. The number of fused-ring (bicyclic) bond motifs is 15. The lowest BCUT2D eigenvalue weighted by Gasteiger charge is -2.39. The van der Waals surface area contributed by atoms with Gasteiger partial charge in [0.1, 0.15) is 11.5 Å².